The number of imidazole rings is 1. The molecule has 182 valence electrons. The number of hydrogen-bond donors (Lipinski definition) is 3. The number of carbonyl (C=O) groups excluding carboxylic acids is 1. The summed E-state index contributed by atoms with van der Waals surface area (Å²) in [6.45, 7) is 1.18. The number of nitrogens with one attached hydrogen (secondary N) is 1. The summed E-state index contributed by atoms with van der Waals surface area (Å²) in [7, 11) is -2.85. The number of nitrogens with zero attached hydrogens (tertiary/aromatic N) is 4. The molecule has 1 saturated heterocycles. The number of nitrogens with two attached hydrogens (primary N) is 1. The highest BCUT2D eigenvalue weighted by atomic mass is 31.2. The number of rotatable bonds is 9. The van der Waals surface area contributed by atoms with Gasteiger partial charge in [-0.2, -0.15) is 5.09 Å². The number of esters is 1. The van der Waals surface area contributed by atoms with Crippen LogP contribution in [0.5, 0.6) is 5.75 Å². The zero-order valence-electron chi connectivity index (χ0n) is 18.5. The lowest BCUT2D eigenvalue weighted by Crippen LogP contribution is -2.36. The summed E-state index contributed by atoms with van der Waals surface area (Å²) in [6.07, 6.45) is 0.625. The molecule has 5 atom stereocenters. The van der Waals surface area contributed by atoms with Crippen LogP contribution in [0.25, 0.3) is 11.2 Å². The molecule has 0 amide bonds. The molecular formula is C20H25N6O7P. The van der Waals surface area contributed by atoms with E-state index in [2.05, 4.69) is 24.8 Å². The maximum atomic E-state index is 13.5. The Balaban J connectivity index is 1.47. The van der Waals surface area contributed by atoms with Crippen molar-refractivity contribution >= 4 is 30.7 Å². The lowest BCUT2D eigenvalue weighted by molar-refractivity contribution is -0.142. The van der Waals surface area contributed by atoms with Crippen molar-refractivity contribution in [2.45, 2.75) is 37.8 Å². The molecule has 0 radical (unpaired) electrons. The third-order valence-electron chi connectivity index (χ3n) is 5.19. The van der Waals surface area contributed by atoms with Crippen LogP contribution < -0.4 is 15.3 Å². The Morgan fingerprint density at radius 3 is 2.85 bits per heavy atom. The normalized spacial score (nSPS) is 22.9. The number of carbonyl (C=O) groups is 1. The standard InChI is InChI=1S/C20H25N6O7P/c1-12(20(28)30-2)25-34(29,33-13-6-4-3-5-7-13)31-9-15-14(27)8-16(32-15)26-11-24-17-18(21)22-10-23-19(17)26/h3-7,10-12,14-16,27H,8-9H2,1-2H3,(H,25,29)(H2,21,22,23)/t12-,14+,15+,16+,34?/m0/s1. The highest BCUT2D eigenvalue weighted by Gasteiger charge is 2.39. The van der Waals surface area contributed by atoms with Gasteiger partial charge in [-0.25, -0.2) is 19.5 Å². The summed E-state index contributed by atoms with van der Waals surface area (Å²) in [6, 6.07) is 7.37. The van der Waals surface area contributed by atoms with Gasteiger partial charge in [-0.1, -0.05) is 18.2 Å². The molecule has 1 aromatic carbocycles. The van der Waals surface area contributed by atoms with Gasteiger partial charge in [0.25, 0.3) is 0 Å². The first kappa shape index (κ1) is 24.0. The predicted molar refractivity (Wildman–Crippen MR) is 120 cm³/mol. The largest absolute Gasteiger partial charge is 0.468 e. The van der Waals surface area contributed by atoms with Crippen molar-refractivity contribution in [2.24, 2.45) is 0 Å². The summed E-state index contributed by atoms with van der Waals surface area (Å²) in [5.41, 5.74) is 6.71. The molecule has 1 fully saturated rings. The molecule has 0 spiro atoms. The molecule has 1 aliphatic heterocycles. The minimum absolute atomic E-state index is 0.208. The Labute approximate surface area is 194 Å². The van der Waals surface area contributed by atoms with Crippen molar-refractivity contribution < 1.29 is 33.0 Å². The lowest BCUT2D eigenvalue weighted by atomic mass is 10.2. The molecule has 1 aliphatic rings. The van der Waals surface area contributed by atoms with Gasteiger partial charge in [0.15, 0.2) is 11.5 Å². The third-order valence-corrected chi connectivity index (χ3v) is 6.83. The second-order valence-corrected chi connectivity index (χ2v) is 9.28. The van der Waals surface area contributed by atoms with Gasteiger partial charge in [-0.15, -0.1) is 0 Å². The average Bonchev–Trinajstić information content (AvgIpc) is 3.42. The molecule has 34 heavy (non-hydrogen) atoms. The van der Waals surface area contributed by atoms with Crippen molar-refractivity contribution in [2.75, 3.05) is 19.5 Å². The molecule has 1 unspecified atom stereocenters. The number of para-hydroxylation sites is 1. The van der Waals surface area contributed by atoms with E-state index >= 15 is 0 Å². The molecule has 14 heteroatoms. The van der Waals surface area contributed by atoms with E-state index in [0.29, 0.717) is 11.2 Å². The molecule has 13 nitrogen and oxygen atoms in total. The van der Waals surface area contributed by atoms with Gasteiger partial charge in [-0.3, -0.25) is 13.9 Å². The van der Waals surface area contributed by atoms with E-state index in [1.165, 1.54) is 26.7 Å². The second kappa shape index (κ2) is 10.0. The van der Waals surface area contributed by atoms with Crippen molar-refractivity contribution in [3.63, 3.8) is 0 Å². The summed E-state index contributed by atoms with van der Waals surface area (Å²) in [5, 5.41) is 13.1. The van der Waals surface area contributed by atoms with E-state index in [-0.39, 0.29) is 24.6 Å². The van der Waals surface area contributed by atoms with E-state index in [1.54, 1.807) is 34.9 Å². The van der Waals surface area contributed by atoms with Crippen LogP contribution >= 0.6 is 7.75 Å². The van der Waals surface area contributed by atoms with Gasteiger partial charge in [-0.05, 0) is 19.1 Å². The van der Waals surface area contributed by atoms with Crippen LogP contribution in [0.15, 0.2) is 43.0 Å². The van der Waals surface area contributed by atoms with Crippen LogP contribution in [0, 0.1) is 0 Å². The monoisotopic (exact) mass is 492 g/mol. The van der Waals surface area contributed by atoms with Crippen LogP contribution in [0.3, 0.4) is 0 Å². The Hall–Kier alpha value is -3.09. The maximum Gasteiger partial charge on any atom is 0.459 e. The molecule has 2 aromatic heterocycles. The van der Waals surface area contributed by atoms with E-state index in [9.17, 15) is 14.5 Å². The molecule has 4 rings (SSSR count). The van der Waals surface area contributed by atoms with Crippen LogP contribution in [-0.4, -0.2) is 62.6 Å². The van der Waals surface area contributed by atoms with Gasteiger partial charge >= 0.3 is 13.7 Å². The first-order valence-corrected chi connectivity index (χ1v) is 12.0. The van der Waals surface area contributed by atoms with Gasteiger partial charge in [0.05, 0.1) is 26.1 Å². The zero-order valence-corrected chi connectivity index (χ0v) is 19.4. The number of aliphatic hydroxyl groups is 1. The lowest BCUT2D eigenvalue weighted by Gasteiger charge is -2.24. The Morgan fingerprint density at radius 2 is 2.12 bits per heavy atom. The van der Waals surface area contributed by atoms with Crippen molar-refractivity contribution in [1.29, 1.82) is 0 Å². The van der Waals surface area contributed by atoms with Crippen LogP contribution in [0.1, 0.15) is 19.6 Å². The number of aromatic nitrogens is 4. The van der Waals surface area contributed by atoms with Crippen LogP contribution in [0.2, 0.25) is 0 Å². The molecule has 3 aromatic rings. The number of methoxy groups -OCH3 is 1. The Bertz CT molecular complexity index is 1190. The number of ether oxygens (including phenoxy) is 2. The van der Waals surface area contributed by atoms with E-state index in [1.807, 2.05) is 0 Å². The number of anilines is 1. The number of benzene rings is 1. The minimum Gasteiger partial charge on any atom is -0.468 e. The summed E-state index contributed by atoms with van der Waals surface area (Å²) >= 11 is 0. The summed E-state index contributed by atoms with van der Waals surface area (Å²) in [5.74, 6) is -0.152. The average molecular weight is 492 g/mol. The zero-order chi connectivity index (χ0) is 24.3. The van der Waals surface area contributed by atoms with Gasteiger partial charge in [0, 0.05) is 6.42 Å². The third kappa shape index (κ3) is 5.18. The molecule has 4 N–H and O–H groups in total. The molecule has 0 aliphatic carbocycles. The van der Waals surface area contributed by atoms with E-state index < -0.39 is 38.2 Å². The van der Waals surface area contributed by atoms with Crippen molar-refractivity contribution in [1.82, 2.24) is 24.6 Å². The Morgan fingerprint density at radius 1 is 1.35 bits per heavy atom. The number of fused-ring (bicyclic) bond motifs is 1. The second-order valence-electron chi connectivity index (χ2n) is 7.59. The summed E-state index contributed by atoms with van der Waals surface area (Å²) in [4.78, 5) is 24.1. The molecule has 0 bridgehead atoms. The fourth-order valence-electron chi connectivity index (χ4n) is 3.46. The highest BCUT2D eigenvalue weighted by Crippen LogP contribution is 2.46. The Kier molecular flexibility index (Phi) is 7.10. The number of nitrogen functional groups attached to an aromatic ring is 1. The SMILES string of the molecule is COC(=O)[C@H](C)NP(=O)(OC[C@H]1O[C@@H](n2cnc3c(N)ncnc32)C[C@H]1O)Oc1ccccc1. The molecule has 0 saturated carbocycles. The maximum absolute atomic E-state index is 13.5. The number of aliphatic hydroxyl groups excluding tert-OH is 1. The van der Waals surface area contributed by atoms with Crippen molar-refractivity contribution in [3.8, 4) is 5.75 Å². The predicted octanol–water partition coefficient (Wildman–Crippen LogP) is 1.41. The summed E-state index contributed by atoms with van der Waals surface area (Å²) < 4.78 is 36.8. The van der Waals surface area contributed by atoms with Crippen molar-refractivity contribution in [3.05, 3.63) is 43.0 Å². The topological polar surface area (TPSA) is 173 Å². The molecular weight excluding hydrogens is 467 g/mol. The van der Waals surface area contributed by atoms with E-state index in [0.717, 1.165) is 0 Å². The first-order valence-electron chi connectivity index (χ1n) is 10.4. The van der Waals surface area contributed by atoms with Crippen LogP contribution in [-0.2, 0) is 23.4 Å². The van der Waals surface area contributed by atoms with Gasteiger partial charge < -0.3 is 24.8 Å². The van der Waals surface area contributed by atoms with E-state index in [4.69, 9.17) is 19.5 Å². The fourth-order valence-corrected chi connectivity index (χ4v) is 4.97. The fraction of sp³-hybridized carbons (Fsp3) is 0.400. The van der Waals surface area contributed by atoms with Gasteiger partial charge in [0.2, 0.25) is 0 Å². The van der Waals surface area contributed by atoms with Gasteiger partial charge in [0.1, 0.15) is 36.0 Å². The minimum atomic E-state index is -4.07. The number of hydrogen-bond acceptors (Lipinski definition) is 11. The first-order chi connectivity index (χ1) is 16.3. The van der Waals surface area contributed by atoms with Crippen LogP contribution in [0.4, 0.5) is 5.82 Å². The quantitative estimate of drug-likeness (QED) is 0.290. The molecule has 3 heterocycles. The smallest absolute Gasteiger partial charge is 0.459 e. The highest BCUT2D eigenvalue weighted by molar-refractivity contribution is 7.52.